The molecule has 74 valence electrons. The molecule has 0 fully saturated rings. The van der Waals surface area contributed by atoms with Crippen LogP contribution in [0.25, 0.3) is 0 Å². The van der Waals surface area contributed by atoms with Crippen molar-refractivity contribution in [2.75, 3.05) is 13.2 Å². The first-order valence-electron chi connectivity index (χ1n) is 4.14. The average molecular weight is 186 g/mol. The highest BCUT2D eigenvalue weighted by Crippen LogP contribution is 1.95. The summed E-state index contributed by atoms with van der Waals surface area (Å²) in [6.45, 7) is 0.515. The van der Waals surface area contributed by atoms with Gasteiger partial charge in [0.1, 0.15) is 0 Å². The molecule has 1 heterocycles. The molecular formula is C7H14N4O2. The molecule has 0 spiro atoms. The normalized spacial score (nSPS) is 13.2. The van der Waals surface area contributed by atoms with E-state index in [0.717, 1.165) is 5.69 Å². The van der Waals surface area contributed by atoms with E-state index < -0.39 is 6.10 Å². The summed E-state index contributed by atoms with van der Waals surface area (Å²) in [6, 6.07) is 0. The molecule has 13 heavy (non-hydrogen) atoms. The third-order valence-electron chi connectivity index (χ3n) is 1.60. The number of nitrogens with two attached hydrogens (primary N) is 1. The molecule has 0 aromatic carbocycles. The van der Waals surface area contributed by atoms with Crippen molar-refractivity contribution in [3.63, 3.8) is 0 Å². The lowest BCUT2D eigenvalue weighted by molar-refractivity contribution is 0.0778. The molecule has 0 amide bonds. The van der Waals surface area contributed by atoms with E-state index in [1.165, 1.54) is 4.68 Å². The first kappa shape index (κ1) is 10.1. The summed E-state index contributed by atoms with van der Waals surface area (Å²) in [5.74, 6) is 0. The van der Waals surface area contributed by atoms with E-state index in [2.05, 4.69) is 10.3 Å². The fourth-order valence-corrected chi connectivity index (χ4v) is 0.964. The Morgan fingerprint density at radius 2 is 2.38 bits per heavy atom. The van der Waals surface area contributed by atoms with Crippen molar-refractivity contribution in [3.05, 3.63) is 11.9 Å². The van der Waals surface area contributed by atoms with Gasteiger partial charge < -0.3 is 15.9 Å². The number of hydrogen-bond donors (Lipinski definition) is 3. The van der Waals surface area contributed by atoms with Gasteiger partial charge in [-0.3, -0.25) is 0 Å². The minimum Gasteiger partial charge on any atom is -0.394 e. The summed E-state index contributed by atoms with van der Waals surface area (Å²) < 4.78 is 1.49. The largest absolute Gasteiger partial charge is 0.394 e. The van der Waals surface area contributed by atoms with Gasteiger partial charge in [-0.1, -0.05) is 5.21 Å². The lowest BCUT2D eigenvalue weighted by atomic mass is 10.3. The van der Waals surface area contributed by atoms with Gasteiger partial charge in [-0.25, -0.2) is 4.68 Å². The molecule has 0 saturated heterocycles. The second-order valence-corrected chi connectivity index (χ2v) is 2.81. The van der Waals surface area contributed by atoms with Crippen LogP contribution in [0.4, 0.5) is 0 Å². The zero-order valence-corrected chi connectivity index (χ0v) is 7.30. The maximum Gasteiger partial charge on any atom is 0.0966 e. The van der Waals surface area contributed by atoms with E-state index >= 15 is 0 Å². The molecule has 0 bridgehead atoms. The van der Waals surface area contributed by atoms with Crippen LogP contribution < -0.4 is 5.73 Å². The third-order valence-corrected chi connectivity index (χ3v) is 1.60. The zero-order valence-electron chi connectivity index (χ0n) is 7.30. The van der Waals surface area contributed by atoms with Crippen LogP contribution in [-0.4, -0.2) is 44.5 Å². The van der Waals surface area contributed by atoms with Crippen LogP contribution in [0, 0.1) is 0 Å². The zero-order chi connectivity index (χ0) is 9.68. The van der Waals surface area contributed by atoms with Crippen molar-refractivity contribution in [1.29, 1.82) is 0 Å². The summed E-state index contributed by atoms with van der Waals surface area (Å²) in [5, 5.41) is 25.3. The number of hydrogen-bond acceptors (Lipinski definition) is 5. The van der Waals surface area contributed by atoms with Crippen LogP contribution in [0.2, 0.25) is 0 Å². The summed E-state index contributed by atoms with van der Waals surface area (Å²) >= 11 is 0. The highest BCUT2D eigenvalue weighted by molar-refractivity contribution is 4.92. The van der Waals surface area contributed by atoms with Crippen molar-refractivity contribution in [1.82, 2.24) is 15.0 Å². The molecule has 1 aromatic heterocycles. The second kappa shape index (κ2) is 4.90. The van der Waals surface area contributed by atoms with Crippen LogP contribution in [0.5, 0.6) is 0 Å². The standard InChI is InChI=1S/C7H14N4O2/c8-2-1-6-3-11(10-9-6)4-7(13)5-12/h3,7,12-13H,1-2,4-5,8H2. The van der Waals surface area contributed by atoms with Crippen molar-refractivity contribution in [2.45, 2.75) is 19.1 Å². The van der Waals surface area contributed by atoms with Crippen LogP contribution in [0.1, 0.15) is 5.69 Å². The SMILES string of the molecule is NCCc1cn(CC(O)CO)nn1. The maximum absolute atomic E-state index is 9.09. The fourth-order valence-electron chi connectivity index (χ4n) is 0.964. The van der Waals surface area contributed by atoms with Gasteiger partial charge in [-0.2, -0.15) is 0 Å². The lowest BCUT2D eigenvalue weighted by Gasteiger charge is -2.04. The fraction of sp³-hybridized carbons (Fsp3) is 0.714. The van der Waals surface area contributed by atoms with Gasteiger partial charge in [0.15, 0.2) is 0 Å². The van der Waals surface area contributed by atoms with Crippen molar-refractivity contribution in [3.8, 4) is 0 Å². The lowest BCUT2D eigenvalue weighted by Crippen LogP contribution is -2.20. The second-order valence-electron chi connectivity index (χ2n) is 2.81. The summed E-state index contributed by atoms with van der Waals surface area (Å²) in [7, 11) is 0. The maximum atomic E-state index is 9.09. The predicted octanol–water partition coefficient (Wildman–Crippen LogP) is -1.87. The number of aliphatic hydroxyl groups excluding tert-OH is 2. The average Bonchev–Trinajstić information content (AvgIpc) is 2.53. The topological polar surface area (TPSA) is 97.2 Å². The molecule has 0 aliphatic heterocycles. The van der Waals surface area contributed by atoms with E-state index in [4.69, 9.17) is 15.9 Å². The summed E-state index contributed by atoms with van der Waals surface area (Å²) in [5.41, 5.74) is 6.13. The molecular weight excluding hydrogens is 172 g/mol. The van der Waals surface area contributed by atoms with Gasteiger partial charge >= 0.3 is 0 Å². The number of aliphatic hydroxyl groups is 2. The van der Waals surface area contributed by atoms with Gasteiger partial charge in [0, 0.05) is 12.6 Å². The molecule has 1 aromatic rings. The van der Waals surface area contributed by atoms with Gasteiger partial charge in [0.25, 0.3) is 0 Å². The quantitative estimate of drug-likeness (QED) is 0.500. The molecule has 0 aliphatic carbocycles. The Balaban J connectivity index is 2.48. The summed E-state index contributed by atoms with van der Waals surface area (Å²) in [4.78, 5) is 0. The Morgan fingerprint density at radius 1 is 1.62 bits per heavy atom. The van der Waals surface area contributed by atoms with Gasteiger partial charge in [0.2, 0.25) is 0 Å². The van der Waals surface area contributed by atoms with Crippen molar-refractivity contribution >= 4 is 0 Å². The van der Waals surface area contributed by atoms with E-state index in [9.17, 15) is 0 Å². The van der Waals surface area contributed by atoms with E-state index in [0.29, 0.717) is 13.0 Å². The molecule has 0 aliphatic rings. The Kier molecular flexibility index (Phi) is 3.81. The smallest absolute Gasteiger partial charge is 0.0966 e. The van der Waals surface area contributed by atoms with E-state index in [1.807, 2.05) is 0 Å². The molecule has 6 nitrogen and oxygen atoms in total. The molecule has 6 heteroatoms. The van der Waals surface area contributed by atoms with Crippen LogP contribution in [0.3, 0.4) is 0 Å². The van der Waals surface area contributed by atoms with Crippen LogP contribution in [0.15, 0.2) is 6.20 Å². The molecule has 0 radical (unpaired) electrons. The van der Waals surface area contributed by atoms with E-state index in [-0.39, 0.29) is 13.2 Å². The Morgan fingerprint density at radius 3 is 3.00 bits per heavy atom. The molecule has 1 rings (SSSR count). The molecule has 0 saturated carbocycles. The minimum atomic E-state index is -0.785. The third kappa shape index (κ3) is 3.10. The van der Waals surface area contributed by atoms with Gasteiger partial charge in [0.05, 0.1) is 24.9 Å². The number of aromatic nitrogens is 3. The monoisotopic (exact) mass is 186 g/mol. The summed E-state index contributed by atoms with van der Waals surface area (Å²) in [6.07, 6.45) is 1.61. The molecule has 1 unspecified atom stereocenters. The first-order valence-corrected chi connectivity index (χ1v) is 4.14. The Bertz CT molecular complexity index is 250. The van der Waals surface area contributed by atoms with E-state index in [1.54, 1.807) is 6.20 Å². The number of rotatable bonds is 5. The predicted molar refractivity (Wildman–Crippen MR) is 45.9 cm³/mol. The van der Waals surface area contributed by atoms with Gasteiger partial charge in [-0.05, 0) is 6.54 Å². The minimum absolute atomic E-state index is 0.258. The number of nitrogens with zero attached hydrogens (tertiary/aromatic N) is 3. The van der Waals surface area contributed by atoms with Gasteiger partial charge in [-0.15, -0.1) is 5.10 Å². The Hall–Kier alpha value is -0.980. The van der Waals surface area contributed by atoms with Crippen molar-refractivity contribution in [2.24, 2.45) is 5.73 Å². The van der Waals surface area contributed by atoms with Crippen molar-refractivity contribution < 1.29 is 10.2 Å². The molecule has 1 atom stereocenters. The van der Waals surface area contributed by atoms with Crippen LogP contribution in [-0.2, 0) is 13.0 Å². The highest BCUT2D eigenvalue weighted by atomic mass is 16.3. The molecule has 4 N–H and O–H groups in total. The van der Waals surface area contributed by atoms with Crippen LogP contribution >= 0.6 is 0 Å². The Labute approximate surface area is 76.0 Å². The first-order chi connectivity index (χ1) is 6.26. The highest BCUT2D eigenvalue weighted by Gasteiger charge is 2.05.